The molecule has 0 bridgehead atoms. The summed E-state index contributed by atoms with van der Waals surface area (Å²) in [7, 11) is 0. The first-order chi connectivity index (χ1) is 9.67. The number of amides is 1. The van der Waals surface area contributed by atoms with E-state index >= 15 is 0 Å². The second-order valence-electron chi connectivity index (χ2n) is 5.86. The van der Waals surface area contributed by atoms with Gasteiger partial charge < -0.3 is 19.7 Å². The van der Waals surface area contributed by atoms with Crippen molar-refractivity contribution in [1.29, 1.82) is 0 Å². The Labute approximate surface area is 123 Å². The second kappa shape index (κ2) is 7.10. The maximum Gasteiger partial charge on any atom is 0.408 e. The normalized spacial score (nSPS) is 12.8. The van der Waals surface area contributed by atoms with E-state index in [0.717, 1.165) is 5.69 Å². The van der Waals surface area contributed by atoms with Crippen LogP contribution in [0.15, 0.2) is 10.6 Å². The fraction of sp³-hybridized carbons (Fsp3) is 0.643. The van der Waals surface area contributed by atoms with Crippen LogP contribution in [-0.4, -0.2) is 34.0 Å². The number of hydrogen-bond donors (Lipinski definition) is 2. The minimum absolute atomic E-state index is 0.286. The van der Waals surface area contributed by atoms with Crippen LogP contribution in [0, 0.1) is 6.92 Å². The van der Waals surface area contributed by atoms with Crippen LogP contribution in [0.5, 0.6) is 0 Å². The number of carboxylic acid groups (broad SMARTS) is 1. The zero-order chi connectivity index (χ0) is 16.0. The van der Waals surface area contributed by atoms with Gasteiger partial charge in [0.25, 0.3) is 0 Å². The van der Waals surface area contributed by atoms with Crippen molar-refractivity contribution in [1.82, 2.24) is 10.5 Å². The summed E-state index contributed by atoms with van der Waals surface area (Å²) in [6, 6.07) is 0.820. The van der Waals surface area contributed by atoms with E-state index in [-0.39, 0.29) is 6.42 Å². The molecule has 0 fully saturated rings. The van der Waals surface area contributed by atoms with E-state index in [2.05, 4.69) is 10.5 Å². The number of alkyl carbamates (subject to hydrolysis) is 1. The highest BCUT2D eigenvalue weighted by Gasteiger charge is 2.23. The lowest BCUT2D eigenvalue weighted by Gasteiger charge is -2.21. The van der Waals surface area contributed by atoms with Crippen LogP contribution >= 0.6 is 0 Å². The number of carbonyl (C=O) groups is 2. The quantitative estimate of drug-likeness (QED) is 0.835. The number of rotatable bonds is 6. The van der Waals surface area contributed by atoms with E-state index in [1.165, 1.54) is 0 Å². The molecule has 0 aliphatic rings. The summed E-state index contributed by atoms with van der Waals surface area (Å²) in [6.45, 7) is 6.97. The number of aliphatic carboxylic acids is 1. The summed E-state index contributed by atoms with van der Waals surface area (Å²) in [5.74, 6) is -0.386. The highest BCUT2D eigenvalue weighted by molar-refractivity contribution is 5.79. The smallest absolute Gasteiger partial charge is 0.408 e. The van der Waals surface area contributed by atoms with Gasteiger partial charge in [-0.15, -0.1) is 0 Å². The Balaban J connectivity index is 2.43. The van der Waals surface area contributed by atoms with Crippen LogP contribution in [0.1, 0.15) is 45.1 Å². The molecule has 1 unspecified atom stereocenters. The zero-order valence-corrected chi connectivity index (χ0v) is 12.8. The second-order valence-corrected chi connectivity index (χ2v) is 5.86. The van der Waals surface area contributed by atoms with Crippen molar-refractivity contribution in [3.63, 3.8) is 0 Å². The fourth-order valence-electron chi connectivity index (χ4n) is 1.72. The van der Waals surface area contributed by atoms with Crippen LogP contribution in [-0.2, 0) is 16.0 Å². The van der Waals surface area contributed by atoms with Crippen LogP contribution in [0.25, 0.3) is 0 Å². The van der Waals surface area contributed by atoms with Crippen molar-refractivity contribution in [3.05, 3.63) is 17.5 Å². The summed E-state index contributed by atoms with van der Waals surface area (Å²) < 4.78 is 10.1. The monoisotopic (exact) mass is 298 g/mol. The SMILES string of the molecule is Cc1cc(CCCC(NC(=O)OC(C)(C)C)C(=O)O)on1. The molecule has 1 heterocycles. The number of nitrogens with zero attached hydrogens (tertiary/aromatic N) is 1. The Morgan fingerprint density at radius 1 is 1.48 bits per heavy atom. The number of nitrogens with one attached hydrogen (secondary N) is 1. The number of ether oxygens (including phenoxy) is 1. The van der Waals surface area contributed by atoms with Gasteiger partial charge in [-0.1, -0.05) is 5.16 Å². The van der Waals surface area contributed by atoms with Crippen molar-refractivity contribution in [2.24, 2.45) is 0 Å². The van der Waals surface area contributed by atoms with E-state index in [9.17, 15) is 9.59 Å². The third kappa shape index (κ3) is 6.78. The molecule has 0 saturated heterocycles. The average Bonchev–Trinajstić information content (AvgIpc) is 2.71. The molecule has 0 spiro atoms. The van der Waals surface area contributed by atoms with Gasteiger partial charge in [-0.05, 0) is 40.5 Å². The first kappa shape index (κ1) is 17.0. The molecule has 2 N–H and O–H groups in total. The molecule has 1 aromatic rings. The molecule has 118 valence electrons. The number of carbonyl (C=O) groups excluding carboxylic acids is 1. The number of aryl methyl sites for hydroxylation is 2. The third-order valence-electron chi connectivity index (χ3n) is 2.58. The van der Waals surface area contributed by atoms with Gasteiger partial charge in [-0.25, -0.2) is 9.59 Å². The Morgan fingerprint density at radius 3 is 2.62 bits per heavy atom. The molecule has 1 rings (SSSR count). The Kier molecular flexibility index (Phi) is 5.75. The molecule has 21 heavy (non-hydrogen) atoms. The lowest BCUT2D eigenvalue weighted by molar-refractivity contribution is -0.139. The van der Waals surface area contributed by atoms with Crippen molar-refractivity contribution >= 4 is 12.1 Å². The van der Waals surface area contributed by atoms with Gasteiger partial charge >= 0.3 is 12.1 Å². The fourth-order valence-corrected chi connectivity index (χ4v) is 1.72. The van der Waals surface area contributed by atoms with Crippen LogP contribution in [0.4, 0.5) is 4.79 Å². The first-order valence-corrected chi connectivity index (χ1v) is 6.82. The standard InChI is InChI=1S/C14H22N2O5/c1-9-8-10(21-16-9)6-5-7-11(12(17)18)15-13(19)20-14(2,3)4/h8,11H,5-7H2,1-4H3,(H,15,19)(H,17,18). The van der Waals surface area contributed by atoms with Gasteiger partial charge in [-0.3, -0.25) is 0 Å². The number of hydrogen-bond acceptors (Lipinski definition) is 5. The lowest BCUT2D eigenvalue weighted by Crippen LogP contribution is -2.43. The Hall–Kier alpha value is -2.05. The molecular weight excluding hydrogens is 276 g/mol. The summed E-state index contributed by atoms with van der Waals surface area (Å²) in [4.78, 5) is 22.7. The van der Waals surface area contributed by atoms with Crippen molar-refractivity contribution < 1.29 is 24.0 Å². The minimum atomic E-state index is -1.09. The van der Waals surface area contributed by atoms with Crippen molar-refractivity contribution in [3.8, 4) is 0 Å². The highest BCUT2D eigenvalue weighted by Crippen LogP contribution is 2.10. The predicted octanol–water partition coefficient (Wildman–Crippen LogP) is 2.28. The zero-order valence-electron chi connectivity index (χ0n) is 12.8. The molecule has 0 aliphatic carbocycles. The van der Waals surface area contributed by atoms with Gasteiger partial charge in [0.05, 0.1) is 5.69 Å². The largest absolute Gasteiger partial charge is 0.480 e. The molecule has 0 radical (unpaired) electrons. The number of aromatic nitrogens is 1. The minimum Gasteiger partial charge on any atom is -0.480 e. The van der Waals surface area contributed by atoms with Gasteiger partial charge in [0, 0.05) is 12.5 Å². The third-order valence-corrected chi connectivity index (χ3v) is 2.58. The molecule has 0 saturated carbocycles. The summed E-state index contributed by atoms with van der Waals surface area (Å²) in [6.07, 6.45) is 0.682. The van der Waals surface area contributed by atoms with Crippen molar-refractivity contribution in [2.75, 3.05) is 0 Å². The van der Waals surface area contributed by atoms with Crippen LogP contribution < -0.4 is 5.32 Å². The van der Waals surface area contributed by atoms with E-state index in [1.54, 1.807) is 26.8 Å². The molecule has 1 aromatic heterocycles. The highest BCUT2D eigenvalue weighted by atomic mass is 16.6. The van der Waals surface area contributed by atoms with E-state index in [1.807, 2.05) is 6.92 Å². The summed E-state index contributed by atoms with van der Waals surface area (Å²) in [5, 5.41) is 15.2. The van der Waals surface area contributed by atoms with Gasteiger partial charge in [0.2, 0.25) is 0 Å². The maximum absolute atomic E-state index is 11.6. The molecule has 0 aromatic carbocycles. The van der Waals surface area contributed by atoms with Crippen LogP contribution in [0.2, 0.25) is 0 Å². The van der Waals surface area contributed by atoms with Gasteiger partial charge in [0.1, 0.15) is 17.4 Å². The van der Waals surface area contributed by atoms with Crippen LogP contribution in [0.3, 0.4) is 0 Å². The lowest BCUT2D eigenvalue weighted by atomic mass is 10.1. The summed E-state index contributed by atoms with van der Waals surface area (Å²) in [5.41, 5.74) is 0.122. The molecule has 0 aliphatic heterocycles. The van der Waals surface area contributed by atoms with Gasteiger partial charge in [-0.2, -0.15) is 0 Å². The average molecular weight is 298 g/mol. The molecule has 7 heteroatoms. The van der Waals surface area contributed by atoms with Gasteiger partial charge in [0.15, 0.2) is 0 Å². The molecule has 7 nitrogen and oxygen atoms in total. The number of carboxylic acids is 1. The maximum atomic E-state index is 11.6. The van der Waals surface area contributed by atoms with Crippen molar-refractivity contribution in [2.45, 2.75) is 58.6 Å². The molecule has 1 amide bonds. The summed E-state index contributed by atoms with van der Waals surface area (Å²) >= 11 is 0. The van der Waals surface area contributed by atoms with E-state index < -0.39 is 23.7 Å². The first-order valence-electron chi connectivity index (χ1n) is 6.82. The van der Waals surface area contributed by atoms with E-state index in [4.69, 9.17) is 14.4 Å². The molecule has 1 atom stereocenters. The Bertz CT molecular complexity index is 490. The molecular formula is C14H22N2O5. The van der Waals surface area contributed by atoms with E-state index in [0.29, 0.717) is 18.6 Å². The topological polar surface area (TPSA) is 102 Å². The predicted molar refractivity (Wildman–Crippen MR) is 75.0 cm³/mol. The Morgan fingerprint density at radius 2 is 2.14 bits per heavy atom.